The van der Waals surface area contributed by atoms with Crippen LogP contribution in [0.5, 0.6) is 0 Å². The molecule has 3 rings (SSSR count). The van der Waals surface area contributed by atoms with Crippen LogP contribution in [0.2, 0.25) is 0 Å². The number of non-ortho nitro benzene ring substituents is 2. The molecular formula is C20H14N2O8S. The Bertz CT molecular complexity index is 1250. The number of nitro benzene ring substituents is 2. The van der Waals surface area contributed by atoms with Crippen molar-refractivity contribution >= 4 is 27.2 Å². The summed E-state index contributed by atoms with van der Waals surface area (Å²) < 4.78 is 31.1. The summed E-state index contributed by atoms with van der Waals surface area (Å²) in [6.07, 6.45) is 0. The van der Waals surface area contributed by atoms with Gasteiger partial charge in [0.05, 0.1) is 25.2 Å². The molecular weight excluding hydrogens is 428 g/mol. The van der Waals surface area contributed by atoms with Crippen LogP contribution in [0, 0.1) is 20.2 Å². The first kappa shape index (κ1) is 21.6. The van der Waals surface area contributed by atoms with Crippen LogP contribution in [0.25, 0.3) is 0 Å². The Morgan fingerprint density at radius 2 is 1.32 bits per heavy atom. The number of nitro groups is 2. The molecule has 0 atom stereocenters. The molecule has 0 bridgehead atoms. The Morgan fingerprint density at radius 3 is 1.87 bits per heavy atom. The van der Waals surface area contributed by atoms with Crippen molar-refractivity contribution in [1.82, 2.24) is 0 Å². The average molecular weight is 442 g/mol. The van der Waals surface area contributed by atoms with Crippen LogP contribution in [-0.2, 0) is 21.2 Å². The summed E-state index contributed by atoms with van der Waals surface area (Å²) in [5, 5.41) is 21.5. The number of hydrogen-bond acceptors (Lipinski definition) is 8. The van der Waals surface area contributed by atoms with Gasteiger partial charge in [-0.3, -0.25) is 20.2 Å². The highest BCUT2D eigenvalue weighted by Gasteiger charge is 2.25. The quantitative estimate of drug-likeness (QED) is 0.306. The lowest BCUT2D eigenvalue weighted by atomic mass is 10.2. The lowest BCUT2D eigenvalue weighted by Crippen LogP contribution is -2.12. The van der Waals surface area contributed by atoms with Crippen molar-refractivity contribution in [2.24, 2.45) is 0 Å². The van der Waals surface area contributed by atoms with E-state index in [2.05, 4.69) is 0 Å². The van der Waals surface area contributed by atoms with E-state index in [-0.39, 0.29) is 33.3 Å². The van der Waals surface area contributed by atoms with E-state index in [1.54, 1.807) is 0 Å². The maximum absolute atomic E-state index is 13.0. The van der Waals surface area contributed by atoms with Gasteiger partial charge in [-0.15, -0.1) is 0 Å². The van der Waals surface area contributed by atoms with Gasteiger partial charge in [0.2, 0.25) is 9.84 Å². The summed E-state index contributed by atoms with van der Waals surface area (Å²) in [7, 11) is -4.15. The molecule has 0 radical (unpaired) electrons. The largest absolute Gasteiger partial charge is 0.457 e. The Kier molecular flexibility index (Phi) is 6.07. The first-order chi connectivity index (χ1) is 14.7. The molecule has 0 unspecified atom stereocenters. The van der Waals surface area contributed by atoms with E-state index < -0.39 is 25.7 Å². The fraction of sp³-hybridized carbons (Fsp3) is 0.0500. The Hall–Kier alpha value is -4.12. The van der Waals surface area contributed by atoms with Crippen molar-refractivity contribution in [2.45, 2.75) is 16.4 Å². The molecule has 0 spiro atoms. The van der Waals surface area contributed by atoms with Crippen molar-refractivity contribution in [3.63, 3.8) is 0 Å². The second-order valence-electron chi connectivity index (χ2n) is 6.25. The maximum Gasteiger partial charge on any atom is 0.339 e. The van der Waals surface area contributed by atoms with E-state index in [0.717, 1.165) is 24.3 Å². The van der Waals surface area contributed by atoms with Crippen molar-refractivity contribution < 1.29 is 27.8 Å². The van der Waals surface area contributed by atoms with Crippen LogP contribution in [0.1, 0.15) is 15.9 Å². The van der Waals surface area contributed by atoms with Crippen molar-refractivity contribution in [1.29, 1.82) is 0 Å². The van der Waals surface area contributed by atoms with Gasteiger partial charge < -0.3 is 4.74 Å². The van der Waals surface area contributed by atoms with E-state index in [9.17, 15) is 33.4 Å². The van der Waals surface area contributed by atoms with Crippen LogP contribution in [0.15, 0.2) is 82.6 Å². The Balaban J connectivity index is 1.84. The van der Waals surface area contributed by atoms with Gasteiger partial charge in [0.1, 0.15) is 6.61 Å². The summed E-state index contributed by atoms with van der Waals surface area (Å²) in [4.78, 5) is 32.3. The van der Waals surface area contributed by atoms with Gasteiger partial charge in [-0.1, -0.05) is 12.1 Å². The Labute approximate surface area is 175 Å². The number of carbonyl (C=O) groups is 1. The van der Waals surface area contributed by atoms with Gasteiger partial charge in [-0.2, -0.15) is 0 Å². The summed E-state index contributed by atoms with van der Waals surface area (Å²) in [6, 6.07) is 15.1. The average Bonchev–Trinajstić information content (AvgIpc) is 2.77. The second kappa shape index (κ2) is 8.71. The molecule has 31 heavy (non-hydrogen) atoms. The zero-order chi connectivity index (χ0) is 22.6. The van der Waals surface area contributed by atoms with Gasteiger partial charge >= 0.3 is 5.97 Å². The van der Waals surface area contributed by atoms with Crippen LogP contribution < -0.4 is 0 Å². The van der Waals surface area contributed by atoms with Crippen LogP contribution in [0.3, 0.4) is 0 Å². The molecule has 0 fully saturated rings. The first-order valence-electron chi connectivity index (χ1n) is 8.69. The molecule has 10 nitrogen and oxygen atoms in total. The molecule has 0 amide bonds. The molecule has 3 aromatic carbocycles. The number of nitrogens with zero attached hydrogens (tertiary/aromatic N) is 2. The standard InChI is InChI=1S/C20H14N2O8S/c23-20(30-13-14-5-7-15(8-6-14)21(24)25)18-3-1-2-4-19(18)31(28,29)17-11-9-16(10-12-17)22(26)27/h1-12H,13H2. The van der Waals surface area contributed by atoms with E-state index >= 15 is 0 Å². The third-order valence-corrected chi connectivity index (χ3v) is 6.10. The molecule has 158 valence electrons. The van der Waals surface area contributed by atoms with Crippen molar-refractivity contribution in [2.75, 3.05) is 0 Å². The first-order valence-corrected chi connectivity index (χ1v) is 10.2. The molecule has 0 saturated heterocycles. The topological polar surface area (TPSA) is 147 Å². The summed E-state index contributed by atoms with van der Waals surface area (Å²) in [5.74, 6) is -0.903. The van der Waals surface area contributed by atoms with Crippen LogP contribution in [-0.4, -0.2) is 24.2 Å². The molecule has 0 heterocycles. The zero-order valence-electron chi connectivity index (χ0n) is 15.7. The minimum Gasteiger partial charge on any atom is -0.457 e. The third-order valence-electron chi connectivity index (χ3n) is 4.27. The minimum absolute atomic E-state index is 0.116. The van der Waals surface area contributed by atoms with Gasteiger partial charge in [-0.25, -0.2) is 13.2 Å². The number of rotatable bonds is 7. The van der Waals surface area contributed by atoms with Crippen LogP contribution in [0.4, 0.5) is 11.4 Å². The number of sulfone groups is 1. The number of benzene rings is 3. The fourth-order valence-electron chi connectivity index (χ4n) is 2.68. The Morgan fingerprint density at radius 1 is 0.806 bits per heavy atom. The molecule has 0 aliphatic heterocycles. The number of ether oxygens (including phenoxy) is 1. The predicted molar refractivity (Wildman–Crippen MR) is 107 cm³/mol. The SMILES string of the molecule is O=C(OCc1ccc([N+](=O)[O-])cc1)c1ccccc1S(=O)(=O)c1ccc([N+](=O)[O-])cc1. The maximum atomic E-state index is 13.0. The van der Waals surface area contributed by atoms with E-state index in [0.29, 0.717) is 5.56 Å². The zero-order valence-corrected chi connectivity index (χ0v) is 16.5. The van der Waals surface area contributed by atoms with Crippen LogP contribution >= 0.6 is 0 Å². The smallest absolute Gasteiger partial charge is 0.339 e. The fourth-order valence-corrected chi connectivity index (χ4v) is 4.13. The van der Waals surface area contributed by atoms with Gasteiger partial charge in [0.15, 0.2) is 0 Å². The second-order valence-corrected chi connectivity index (χ2v) is 8.17. The highest BCUT2D eigenvalue weighted by Crippen LogP contribution is 2.26. The normalized spacial score (nSPS) is 11.0. The lowest BCUT2D eigenvalue weighted by molar-refractivity contribution is -0.385. The summed E-state index contributed by atoms with van der Waals surface area (Å²) in [6.45, 7) is -0.220. The summed E-state index contributed by atoms with van der Waals surface area (Å²) >= 11 is 0. The summed E-state index contributed by atoms with van der Waals surface area (Å²) in [5.41, 5.74) is -0.109. The highest BCUT2D eigenvalue weighted by molar-refractivity contribution is 7.91. The van der Waals surface area contributed by atoms with Gasteiger partial charge in [0, 0.05) is 24.3 Å². The van der Waals surface area contributed by atoms with Gasteiger partial charge in [0.25, 0.3) is 11.4 Å². The van der Waals surface area contributed by atoms with E-state index in [4.69, 9.17) is 4.74 Å². The molecule has 0 aliphatic carbocycles. The van der Waals surface area contributed by atoms with E-state index in [1.165, 1.54) is 48.5 Å². The molecule has 0 N–H and O–H groups in total. The van der Waals surface area contributed by atoms with Crippen molar-refractivity contribution in [3.8, 4) is 0 Å². The molecule has 11 heteroatoms. The molecule has 0 saturated carbocycles. The number of esters is 1. The lowest BCUT2D eigenvalue weighted by Gasteiger charge is -2.11. The highest BCUT2D eigenvalue weighted by atomic mass is 32.2. The molecule has 0 aliphatic rings. The van der Waals surface area contributed by atoms with Crippen molar-refractivity contribution in [3.05, 3.63) is 104 Å². The number of hydrogen-bond donors (Lipinski definition) is 0. The predicted octanol–water partition coefficient (Wildman–Crippen LogP) is 3.69. The number of carbonyl (C=O) groups excluding carboxylic acids is 1. The molecule has 3 aromatic rings. The third kappa shape index (κ3) is 4.73. The monoisotopic (exact) mass is 442 g/mol. The van der Waals surface area contributed by atoms with E-state index in [1.807, 2.05) is 0 Å². The van der Waals surface area contributed by atoms with Gasteiger partial charge in [-0.05, 0) is 42.0 Å². The molecule has 0 aromatic heterocycles. The minimum atomic E-state index is -4.15.